The van der Waals surface area contributed by atoms with Crippen molar-refractivity contribution in [2.24, 2.45) is 5.14 Å². The van der Waals surface area contributed by atoms with Gasteiger partial charge in [-0.25, -0.2) is 13.6 Å². The predicted octanol–water partition coefficient (Wildman–Crippen LogP) is 2.43. The van der Waals surface area contributed by atoms with E-state index in [-0.39, 0.29) is 4.90 Å². The average molecular weight is 301 g/mol. The number of H-pyrrole nitrogens is 1. The Bertz CT molecular complexity index is 867. The van der Waals surface area contributed by atoms with Crippen LogP contribution in [0.3, 0.4) is 0 Å². The molecule has 0 unspecified atom stereocenters. The lowest BCUT2D eigenvalue weighted by atomic mass is 10.2. The Morgan fingerprint density at radius 1 is 1.05 bits per heavy atom. The molecule has 0 atom stereocenters. The zero-order valence-corrected chi connectivity index (χ0v) is 12.0. The van der Waals surface area contributed by atoms with Gasteiger partial charge in [0.2, 0.25) is 10.0 Å². The van der Waals surface area contributed by atoms with Crippen molar-refractivity contribution in [3.8, 4) is 0 Å². The highest BCUT2D eigenvalue weighted by molar-refractivity contribution is 7.89. The molecule has 0 aliphatic rings. The zero-order chi connectivity index (χ0) is 14.9. The van der Waals surface area contributed by atoms with Gasteiger partial charge < -0.3 is 10.3 Å². The van der Waals surface area contributed by atoms with Gasteiger partial charge in [0.25, 0.3) is 0 Å². The molecule has 0 amide bonds. The average Bonchev–Trinajstić information content (AvgIpc) is 2.93. The van der Waals surface area contributed by atoms with Gasteiger partial charge in [0.15, 0.2) is 0 Å². The number of hydrogen-bond acceptors (Lipinski definition) is 3. The van der Waals surface area contributed by atoms with E-state index >= 15 is 0 Å². The van der Waals surface area contributed by atoms with Gasteiger partial charge in [0.1, 0.15) is 0 Å². The molecule has 3 aromatic rings. The van der Waals surface area contributed by atoms with Crippen LogP contribution < -0.4 is 10.5 Å². The monoisotopic (exact) mass is 301 g/mol. The number of rotatable bonds is 4. The van der Waals surface area contributed by atoms with E-state index in [4.69, 9.17) is 5.14 Å². The third kappa shape index (κ3) is 2.91. The smallest absolute Gasteiger partial charge is 0.238 e. The van der Waals surface area contributed by atoms with Gasteiger partial charge in [-0.3, -0.25) is 0 Å². The van der Waals surface area contributed by atoms with E-state index in [2.05, 4.69) is 10.3 Å². The number of nitrogens with two attached hydrogens (primary N) is 1. The molecular weight excluding hydrogens is 286 g/mol. The van der Waals surface area contributed by atoms with Crippen LogP contribution >= 0.6 is 0 Å². The molecule has 0 bridgehead atoms. The second-order valence-electron chi connectivity index (χ2n) is 4.79. The Morgan fingerprint density at radius 3 is 2.52 bits per heavy atom. The summed E-state index contributed by atoms with van der Waals surface area (Å²) in [4.78, 5) is 3.32. The molecule has 1 aromatic heterocycles. The van der Waals surface area contributed by atoms with Gasteiger partial charge in [-0.15, -0.1) is 0 Å². The summed E-state index contributed by atoms with van der Waals surface area (Å²) in [7, 11) is -3.63. The first-order chi connectivity index (χ1) is 10.0. The number of primary sulfonamides is 1. The number of nitrogens with one attached hydrogen (secondary N) is 2. The van der Waals surface area contributed by atoms with Crippen LogP contribution in [0.15, 0.2) is 59.6 Å². The van der Waals surface area contributed by atoms with Crippen molar-refractivity contribution in [1.82, 2.24) is 4.98 Å². The summed E-state index contributed by atoms with van der Waals surface area (Å²) in [5.74, 6) is 0. The van der Waals surface area contributed by atoms with E-state index in [1.165, 1.54) is 12.1 Å². The molecule has 1 heterocycles. The van der Waals surface area contributed by atoms with E-state index in [0.29, 0.717) is 6.54 Å². The highest BCUT2D eigenvalue weighted by atomic mass is 32.2. The van der Waals surface area contributed by atoms with Crippen molar-refractivity contribution >= 4 is 26.6 Å². The molecule has 6 heteroatoms. The fraction of sp³-hybridized carbons (Fsp3) is 0.0667. The van der Waals surface area contributed by atoms with Crippen molar-refractivity contribution in [3.05, 3.63) is 60.3 Å². The topological polar surface area (TPSA) is 88.0 Å². The zero-order valence-electron chi connectivity index (χ0n) is 11.2. The third-order valence-electron chi connectivity index (χ3n) is 3.32. The van der Waals surface area contributed by atoms with E-state index in [9.17, 15) is 8.42 Å². The molecule has 0 aliphatic carbocycles. The number of para-hydroxylation sites is 1. The molecule has 21 heavy (non-hydrogen) atoms. The SMILES string of the molecule is NS(=O)(=O)c1ccc(CNc2cccc3cc[nH]c23)cc1. The fourth-order valence-electron chi connectivity index (χ4n) is 2.23. The van der Waals surface area contributed by atoms with Gasteiger partial charge in [-0.05, 0) is 29.8 Å². The summed E-state index contributed by atoms with van der Waals surface area (Å²) in [6, 6.07) is 14.6. The van der Waals surface area contributed by atoms with Crippen molar-refractivity contribution in [2.45, 2.75) is 11.4 Å². The minimum atomic E-state index is -3.63. The molecule has 0 saturated carbocycles. The first-order valence-corrected chi connectivity index (χ1v) is 8.00. The molecule has 0 saturated heterocycles. The summed E-state index contributed by atoms with van der Waals surface area (Å²) in [5.41, 5.74) is 3.04. The first kappa shape index (κ1) is 13.7. The predicted molar refractivity (Wildman–Crippen MR) is 83.4 cm³/mol. The maximum Gasteiger partial charge on any atom is 0.238 e. The highest BCUT2D eigenvalue weighted by Crippen LogP contribution is 2.22. The second-order valence-corrected chi connectivity index (χ2v) is 6.35. The normalized spacial score (nSPS) is 11.7. The highest BCUT2D eigenvalue weighted by Gasteiger charge is 2.07. The molecule has 4 N–H and O–H groups in total. The van der Waals surface area contributed by atoms with Crippen molar-refractivity contribution in [2.75, 3.05) is 5.32 Å². The quantitative estimate of drug-likeness (QED) is 0.691. The summed E-state index contributed by atoms with van der Waals surface area (Å²) in [5, 5.41) is 9.55. The maximum absolute atomic E-state index is 11.2. The van der Waals surface area contributed by atoms with Gasteiger partial charge in [-0.2, -0.15) is 0 Å². The Balaban J connectivity index is 1.77. The molecule has 108 valence electrons. The number of anilines is 1. The summed E-state index contributed by atoms with van der Waals surface area (Å²) in [6.45, 7) is 0.600. The Labute approximate surface area is 122 Å². The van der Waals surface area contributed by atoms with Crippen LogP contribution in [-0.2, 0) is 16.6 Å². The molecule has 0 radical (unpaired) electrons. The number of aromatic amines is 1. The van der Waals surface area contributed by atoms with Crippen molar-refractivity contribution in [1.29, 1.82) is 0 Å². The molecule has 2 aromatic carbocycles. The summed E-state index contributed by atoms with van der Waals surface area (Å²) < 4.78 is 22.4. The minimum Gasteiger partial charge on any atom is -0.379 e. The number of fused-ring (bicyclic) bond motifs is 1. The van der Waals surface area contributed by atoms with Crippen LogP contribution in [0, 0.1) is 0 Å². The second kappa shape index (κ2) is 5.23. The van der Waals surface area contributed by atoms with Crippen LogP contribution in [0.4, 0.5) is 5.69 Å². The van der Waals surface area contributed by atoms with E-state index in [1.54, 1.807) is 12.1 Å². The van der Waals surface area contributed by atoms with Crippen molar-refractivity contribution < 1.29 is 8.42 Å². The third-order valence-corrected chi connectivity index (χ3v) is 4.25. The molecule has 3 rings (SSSR count). The number of aromatic nitrogens is 1. The fourth-order valence-corrected chi connectivity index (χ4v) is 2.74. The Hall–Kier alpha value is -2.31. The van der Waals surface area contributed by atoms with E-state index in [0.717, 1.165) is 22.2 Å². The molecule has 0 aliphatic heterocycles. The number of benzene rings is 2. The molecule has 0 spiro atoms. The van der Waals surface area contributed by atoms with Crippen LogP contribution in [0.25, 0.3) is 10.9 Å². The maximum atomic E-state index is 11.2. The molecular formula is C15H15N3O2S. The Morgan fingerprint density at radius 2 is 1.81 bits per heavy atom. The lowest BCUT2D eigenvalue weighted by Gasteiger charge is -2.08. The van der Waals surface area contributed by atoms with Gasteiger partial charge in [-0.1, -0.05) is 24.3 Å². The lowest BCUT2D eigenvalue weighted by molar-refractivity contribution is 0.598. The summed E-state index contributed by atoms with van der Waals surface area (Å²) >= 11 is 0. The number of hydrogen-bond donors (Lipinski definition) is 3. The lowest BCUT2D eigenvalue weighted by Crippen LogP contribution is -2.12. The Kier molecular flexibility index (Phi) is 3.40. The standard InChI is InChI=1S/C15H15N3O2S/c16-21(19,20)13-6-4-11(5-7-13)10-18-14-3-1-2-12-8-9-17-15(12)14/h1-9,17-18H,10H2,(H2,16,19,20). The van der Waals surface area contributed by atoms with Crippen LogP contribution in [0.1, 0.15) is 5.56 Å². The van der Waals surface area contributed by atoms with E-state index < -0.39 is 10.0 Å². The van der Waals surface area contributed by atoms with Gasteiger partial charge in [0, 0.05) is 18.1 Å². The molecule has 5 nitrogen and oxygen atoms in total. The molecule has 0 fully saturated rings. The first-order valence-electron chi connectivity index (χ1n) is 6.46. The van der Waals surface area contributed by atoms with Gasteiger partial charge in [0.05, 0.1) is 16.1 Å². The number of sulfonamides is 1. The minimum absolute atomic E-state index is 0.123. The van der Waals surface area contributed by atoms with Gasteiger partial charge >= 0.3 is 0 Å². The van der Waals surface area contributed by atoms with E-state index in [1.807, 2.05) is 30.5 Å². The van der Waals surface area contributed by atoms with Crippen molar-refractivity contribution in [3.63, 3.8) is 0 Å². The summed E-state index contributed by atoms with van der Waals surface area (Å²) in [6.07, 6.45) is 1.90. The van der Waals surface area contributed by atoms with Crippen LogP contribution in [-0.4, -0.2) is 13.4 Å². The largest absolute Gasteiger partial charge is 0.379 e. The van der Waals surface area contributed by atoms with Crippen LogP contribution in [0.2, 0.25) is 0 Å². The van der Waals surface area contributed by atoms with Crippen LogP contribution in [0.5, 0.6) is 0 Å².